The van der Waals surface area contributed by atoms with Crippen molar-refractivity contribution in [1.82, 2.24) is 4.90 Å². The molecule has 1 heterocycles. The number of ether oxygens (including phenoxy) is 1. The molecule has 0 aliphatic carbocycles. The molecule has 0 saturated carbocycles. The smallest absolute Gasteiger partial charge is 0.266 e. The third kappa shape index (κ3) is 5.70. The Morgan fingerprint density at radius 2 is 1.97 bits per heavy atom. The summed E-state index contributed by atoms with van der Waals surface area (Å²) in [5.74, 6) is 0.0105. The molecule has 1 amide bonds. The van der Waals surface area contributed by atoms with E-state index in [1.165, 1.54) is 17.8 Å². The van der Waals surface area contributed by atoms with E-state index in [1.807, 2.05) is 33.8 Å². The number of carbonyl (C=O) groups excluding carboxylic acids is 1. The molecule has 0 bridgehead atoms. The highest BCUT2D eigenvalue weighted by atomic mass is 79.9. The molecular weight excluding hydrogens is 503 g/mol. The Labute approximate surface area is 199 Å². The first-order valence-corrected chi connectivity index (χ1v) is 11.8. The van der Waals surface area contributed by atoms with E-state index in [1.54, 1.807) is 35.2 Å². The Morgan fingerprint density at radius 1 is 1.26 bits per heavy atom. The zero-order valence-electron chi connectivity index (χ0n) is 17.7. The monoisotopic (exact) mass is 524 g/mol. The van der Waals surface area contributed by atoms with Crippen LogP contribution >= 0.6 is 39.3 Å². The van der Waals surface area contributed by atoms with Gasteiger partial charge in [0.15, 0.2) is 10.9 Å². The zero-order chi connectivity index (χ0) is 22.7. The van der Waals surface area contributed by atoms with Crippen LogP contribution in [0.3, 0.4) is 0 Å². The van der Waals surface area contributed by atoms with Crippen molar-refractivity contribution in [3.05, 3.63) is 67.7 Å². The maximum atomic E-state index is 13.8. The van der Waals surface area contributed by atoms with E-state index in [0.29, 0.717) is 30.9 Å². The van der Waals surface area contributed by atoms with Gasteiger partial charge in [0, 0.05) is 17.6 Å². The summed E-state index contributed by atoms with van der Waals surface area (Å²) in [6, 6.07) is 10.1. The summed E-state index contributed by atoms with van der Waals surface area (Å²) in [6.45, 7) is 7.95. The molecule has 1 fully saturated rings. The lowest BCUT2D eigenvalue weighted by Crippen LogP contribution is -2.35. The Morgan fingerprint density at radius 3 is 2.58 bits per heavy atom. The van der Waals surface area contributed by atoms with E-state index in [9.17, 15) is 9.18 Å². The standard InChI is InChI=1S/C23H23BrClFN2O2S/c1-13(2)27-23-28(14(3)4)22(29)20(31-23)11-15-9-17(24)21(18(25)10-15)30-12-16-7-5-6-8-19(16)26/h5-11,13-14H,12H2,1-4H3/b20-11+,27-23?. The zero-order valence-corrected chi connectivity index (χ0v) is 20.8. The molecule has 1 aliphatic heterocycles. The fraction of sp³-hybridized carbons (Fsp3) is 0.304. The largest absolute Gasteiger partial charge is 0.486 e. The lowest BCUT2D eigenvalue weighted by atomic mass is 10.2. The van der Waals surface area contributed by atoms with Gasteiger partial charge < -0.3 is 4.74 Å². The number of rotatable bonds is 6. The summed E-state index contributed by atoms with van der Waals surface area (Å²) in [4.78, 5) is 19.8. The van der Waals surface area contributed by atoms with Gasteiger partial charge in [0.2, 0.25) is 0 Å². The SMILES string of the molecule is CC(C)N=C1S/C(=C/c2cc(Cl)c(OCc3ccccc3F)c(Br)c2)C(=O)N1C(C)C. The minimum absolute atomic E-state index is 0.00730. The summed E-state index contributed by atoms with van der Waals surface area (Å²) >= 11 is 11.3. The van der Waals surface area contributed by atoms with Crippen LogP contribution in [0.2, 0.25) is 5.02 Å². The van der Waals surface area contributed by atoms with Gasteiger partial charge in [-0.3, -0.25) is 14.7 Å². The lowest BCUT2D eigenvalue weighted by molar-refractivity contribution is -0.123. The molecule has 2 aromatic carbocycles. The number of nitrogens with zero attached hydrogens (tertiary/aromatic N) is 2. The highest BCUT2D eigenvalue weighted by molar-refractivity contribution is 9.10. The number of hydrogen-bond acceptors (Lipinski definition) is 4. The van der Waals surface area contributed by atoms with E-state index in [2.05, 4.69) is 20.9 Å². The van der Waals surface area contributed by atoms with Gasteiger partial charge >= 0.3 is 0 Å². The first kappa shape index (κ1) is 23.8. The van der Waals surface area contributed by atoms with Gasteiger partial charge in [-0.15, -0.1) is 0 Å². The average molecular weight is 526 g/mol. The molecule has 8 heteroatoms. The van der Waals surface area contributed by atoms with Gasteiger partial charge in [0.1, 0.15) is 12.4 Å². The number of amides is 1. The Bertz CT molecular complexity index is 1030. The number of amidine groups is 1. The Hall–Kier alpha value is -1.83. The van der Waals surface area contributed by atoms with Crippen LogP contribution < -0.4 is 4.74 Å². The number of benzene rings is 2. The molecular formula is C23H23BrClFN2O2S. The number of aliphatic imine (C=N–C) groups is 1. The van der Waals surface area contributed by atoms with Crippen molar-refractivity contribution in [2.24, 2.45) is 4.99 Å². The first-order valence-electron chi connectivity index (χ1n) is 9.83. The normalized spacial score (nSPS) is 16.9. The van der Waals surface area contributed by atoms with Gasteiger partial charge in [-0.1, -0.05) is 29.8 Å². The predicted molar refractivity (Wildman–Crippen MR) is 130 cm³/mol. The second-order valence-corrected chi connectivity index (χ2v) is 9.85. The maximum absolute atomic E-state index is 13.8. The van der Waals surface area contributed by atoms with Crippen molar-refractivity contribution >= 4 is 56.4 Å². The molecule has 31 heavy (non-hydrogen) atoms. The van der Waals surface area contributed by atoms with Crippen LogP contribution in [0.1, 0.15) is 38.8 Å². The fourth-order valence-corrected chi connectivity index (χ4v) is 5.19. The van der Waals surface area contributed by atoms with Gasteiger partial charge in [-0.05, 0) is 85.2 Å². The van der Waals surface area contributed by atoms with Crippen molar-refractivity contribution in [3.63, 3.8) is 0 Å². The van der Waals surface area contributed by atoms with Crippen molar-refractivity contribution in [2.45, 2.75) is 46.4 Å². The minimum Gasteiger partial charge on any atom is -0.486 e. The second kappa shape index (κ2) is 10.2. The van der Waals surface area contributed by atoms with Crippen LogP contribution in [-0.4, -0.2) is 28.1 Å². The average Bonchev–Trinajstić information content (AvgIpc) is 2.96. The highest BCUT2D eigenvalue weighted by Crippen LogP contribution is 2.38. The van der Waals surface area contributed by atoms with Crippen molar-refractivity contribution in [3.8, 4) is 5.75 Å². The molecule has 0 atom stereocenters. The van der Waals surface area contributed by atoms with Crippen LogP contribution in [0.4, 0.5) is 4.39 Å². The third-order valence-electron chi connectivity index (χ3n) is 4.37. The molecule has 0 radical (unpaired) electrons. The van der Waals surface area contributed by atoms with Gasteiger partial charge in [-0.25, -0.2) is 4.39 Å². The molecule has 0 unspecified atom stereocenters. The highest BCUT2D eigenvalue weighted by Gasteiger charge is 2.35. The van der Waals surface area contributed by atoms with Crippen molar-refractivity contribution < 1.29 is 13.9 Å². The maximum Gasteiger partial charge on any atom is 0.266 e. The number of hydrogen-bond donors (Lipinski definition) is 0. The molecule has 1 aliphatic rings. The van der Waals surface area contributed by atoms with E-state index in [0.717, 1.165) is 5.56 Å². The summed E-state index contributed by atoms with van der Waals surface area (Å²) in [7, 11) is 0. The number of carbonyl (C=O) groups is 1. The van der Waals surface area contributed by atoms with Gasteiger partial charge in [-0.2, -0.15) is 0 Å². The van der Waals surface area contributed by atoms with Crippen LogP contribution in [0.15, 0.2) is 50.8 Å². The quantitative estimate of drug-likeness (QED) is 0.385. The topological polar surface area (TPSA) is 41.9 Å². The van der Waals surface area contributed by atoms with E-state index in [4.69, 9.17) is 16.3 Å². The molecule has 0 N–H and O–H groups in total. The first-order chi connectivity index (χ1) is 14.7. The predicted octanol–water partition coefficient (Wildman–Crippen LogP) is 6.91. The molecule has 2 aromatic rings. The fourth-order valence-electron chi connectivity index (χ4n) is 2.97. The summed E-state index contributed by atoms with van der Waals surface area (Å²) in [5.41, 5.74) is 1.19. The number of thioether (sulfide) groups is 1. The summed E-state index contributed by atoms with van der Waals surface area (Å²) in [6.07, 6.45) is 1.79. The van der Waals surface area contributed by atoms with Crippen molar-refractivity contribution in [1.29, 1.82) is 0 Å². The van der Waals surface area contributed by atoms with Crippen LogP contribution in [-0.2, 0) is 11.4 Å². The molecule has 0 aromatic heterocycles. The van der Waals surface area contributed by atoms with Gasteiger partial charge in [0.05, 0.1) is 14.4 Å². The molecule has 0 spiro atoms. The second-order valence-electron chi connectivity index (χ2n) is 7.58. The Kier molecular flexibility index (Phi) is 7.83. The lowest BCUT2D eigenvalue weighted by Gasteiger charge is -2.20. The molecule has 4 nitrogen and oxygen atoms in total. The molecule has 164 valence electrons. The minimum atomic E-state index is -0.332. The summed E-state index contributed by atoms with van der Waals surface area (Å²) in [5, 5.41) is 1.07. The van der Waals surface area contributed by atoms with Crippen LogP contribution in [0.25, 0.3) is 6.08 Å². The van der Waals surface area contributed by atoms with Gasteiger partial charge in [0.25, 0.3) is 5.91 Å². The summed E-state index contributed by atoms with van der Waals surface area (Å²) < 4.78 is 20.2. The van der Waals surface area contributed by atoms with Crippen molar-refractivity contribution in [2.75, 3.05) is 0 Å². The third-order valence-corrected chi connectivity index (χ3v) is 6.24. The van der Waals surface area contributed by atoms with E-state index >= 15 is 0 Å². The van der Waals surface area contributed by atoms with E-state index < -0.39 is 0 Å². The molecule has 1 saturated heterocycles. The number of halogens is 3. The van der Waals surface area contributed by atoms with Crippen LogP contribution in [0, 0.1) is 5.82 Å². The Balaban J connectivity index is 1.85. The van der Waals surface area contributed by atoms with E-state index in [-0.39, 0.29) is 30.4 Å². The van der Waals surface area contributed by atoms with Crippen LogP contribution in [0.5, 0.6) is 5.75 Å². The molecule has 3 rings (SSSR count).